The van der Waals surface area contributed by atoms with Gasteiger partial charge in [-0.25, -0.2) is 4.79 Å². The van der Waals surface area contributed by atoms with Gasteiger partial charge in [0.1, 0.15) is 0 Å². The van der Waals surface area contributed by atoms with Gasteiger partial charge in [-0.05, 0) is 19.1 Å². The van der Waals surface area contributed by atoms with Crippen LogP contribution in [0.25, 0.3) is 11.3 Å². The molecule has 5 heteroatoms. The van der Waals surface area contributed by atoms with Crippen molar-refractivity contribution < 1.29 is 9.53 Å². The van der Waals surface area contributed by atoms with Gasteiger partial charge in [-0.2, -0.15) is 0 Å². The Bertz CT molecular complexity index is 591. The number of esters is 1. The molecule has 0 unspecified atom stereocenters. The maximum absolute atomic E-state index is 11.7. The van der Waals surface area contributed by atoms with E-state index >= 15 is 0 Å². The minimum atomic E-state index is -0.428. The molecule has 4 nitrogen and oxygen atoms in total. The Labute approximate surface area is 110 Å². The van der Waals surface area contributed by atoms with Gasteiger partial charge in [0.15, 0.2) is 0 Å². The molecule has 0 atom stereocenters. The Hall–Kier alpha value is -1.81. The molecule has 0 aromatic carbocycles. The van der Waals surface area contributed by atoms with Crippen molar-refractivity contribution in [1.82, 2.24) is 9.55 Å². The zero-order valence-corrected chi connectivity index (χ0v) is 11.2. The number of nitrogens with zero attached hydrogens (tertiary/aromatic N) is 2. The Balaban J connectivity index is 2.68. The van der Waals surface area contributed by atoms with E-state index < -0.39 is 5.97 Å². The first-order chi connectivity index (χ1) is 8.57. The average molecular weight is 265 g/mol. The lowest BCUT2D eigenvalue weighted by Crippen LogP contribution is -2.03. The van der Waals surface area contributed by atoms with E-state index in [0.29, 0.717) is 10.6 Å². The smallest absolute Gasteiger partial charge is 0.341 e. The average Bonchev–Trinajstić information content (AvgIpc) is 2.61. The van der Waals surface area contributed by atoms with Crippen LogP contribution in [-0.4, -0.2) is 22.6 Å². The number of hydrogen-bond donors (Lipinski definition) is 0. The number of aromatic nitrogens is 2. The van der Waals surface area contributed by atoms with Gasteiger partial charge < -0.3 is 9.30 Å². The van der Waals surface area contributed by atoms with E-state index in [1.807, 2.05) is 30.7 Å². The fourth-order valence-electron chi connectivity index (χ4n) is 1.92. The molecule has 18 heavy (non-hydrogen) atoms. The summed E-state index contributed by atoms with van der Waals surface area (Å²) in [5, 5.41) is 0.398. The van der Waals surface area contributed by atoms with Crippen LogP contribution in [0.3, 0.4) is 0 Å². The van der Waals surface area contributed by atoms with Crippen LogP contribution in [0.4, 0.5) is 0 Å². The first kappa shape index (κ1) is 12.6. The van der Waals surface area contributed by atoms with Gasteiger partial charge in [0, 0.05) is 30.7 Å². The standard InChI is InChI=1S/C13H13ClN2O2/c1-8-10(13(17)18-3)11(14)12(16(8)2)9-5-4-6-15-7-9/h4-7H,1-3H3. The van der Waals surface area contributed by atoms with Crippen LogP contribution in [0.1, 0.15) is 16.1 Å². The fourth-order valence-corrected chi connectivity index (χ4v) is 2.37. The quantitative estimate of drug-likeness (QED) is 0.784. The van der Waals surface area contributed by atoms with Gasteiger partial charge in [0.05, 0.1) is 23.4 Å². The SMILES string of the molecule is COC(=O)c1c(Cl)c(-c2cccnc2)n(C)c1C. The Morgan fingerprint density at radius 2 is 2.22 bits per heavy atom. The summed E-state index contributed by atoms with van der Waals surface area (Å²) in [6.07, 6.45) is 3.40. The van der Waals surface area contributed by atoms with Crippen LogP contribution < -0.4 is 0 Å². The summed E-state index contributed by atoms with van der Waals surface area (Å²) < 4.78 is 6.62. The molecule has 0 radical (unpaired) electrons. The molecular weight excluding hydrogens is 252 g/mol. The van der Waals surface area contributed by atoms with Gasteiger partial charge in [-0.1, -0.05) is 11.6 Å². The molecule has 0 saturated heterocycles. The minimum Gasteiger partial charge on any atom is -0.465 e. The number of pyridine rings is 1. The third-order valence-electron chi connectivity index (χ3n) is 2.95. The Morgan fingerprint density at radius 1 is 1.50 bits per heavy atom. The van der Waals surface area contributed by atoms with Crippen molar-refractivity contribution >= 4 is 17.6 Å². The minimum absolute atomic E-state index is 0.398. The summed E-state index contributed by atoms with van der Waals surface area (Å²) in [6, 6.07) is 3.72. The summed E-state index contributed by atoms with van der Waals surface area (Å²) >= 11 is 6.29. The zero-order valence-electron chi connectivity index (χ0n) is 10.4. The number of carbonyl (C=O) groups is 1. The van der Waals surface area contributed by atoms with E-state index in [2.05, 4.69) is 4.98 Å². The lowest BCUT2D eigenvalue weighted by molar-refractivity contribution is 0.0600. The molecular formula is C13H13ClN2O2. The highest BCUT2D eigenvalue weighted by molar-refractivity contribution is 6.36. The van der Waals surface area contributed by atoms with Crippen molar-refractivity contribution in [1.29, 1.82) is 0 Å². The molecule has 0 fully saturated rings. The molecule has 0 aliphatic rings. The van der Waals surface area contributed by atoms with Gasteiger partial charge in [-0.3, -0.25) is 4.98 Å². The van der Waals surface area contributed by atoms with Crippen molar-refractivity contribution in [3.63, 3.8) is 0 Å². The van der Waals surface area contributed by atoms with Crippen molar-refractivity contribution in [3.05, 3.63) is 40.8 Å². The van der Waals surface area contributed by atoms with E-state index in [1.165, 1.54) is 7.11 Å². The van der Waals surface area contributed by atoms with Crippen molar-refractivity contribution in [3.8, 4) is 11.3 Å². The first-order valence-corrected chi connectivity index (χ1v) is 5.79. The molecule has 2 heterocycles. The Kier molecular flexibility index (Phi) is 3.39. The summed E-state index contributed by atoms with van der Waals surface area (Å²) in [4.78, 5) is 15.8. The fraction of sp³-hybridized carbons (Fsp3) is 0.231. The van der Waals surface area contributed by atoms with Crippen molar-refractivity contribution in [2.75, 3.05) is 7.11 Å². The highest BCUT2D eigenvalue weighted by atomic mass is 35.5. The molecule has 0 saturated carbocycles. The van der Waals surface area contributed by atoms with Crippen LogP contribution >= 0.6 is 11.6 Å². The summed E-state index contributed by atoms with van der Waals surface area (Å²) in [6.45, 7) is 1.83. The molecule has 0 amide bonds. The number of halogens is 1. The van der Waals surface area contributed by atoms with Crippen LogP contribution in [-0.2, 0) is 11.8 Å². The van der Waals surface area contributed by atoms with E-state index in [4.69, 9.17) is 16.3 Å². The maximum Gasteiger partial charge on any atom is 0.341 e. The second-order valence-electron chi connectivity index (χ2n) is 3.92. The summed E-state index contributed by atoms with van der Waals surface area (Å²) in [5.74, 6) is -0.428. The number of carbonyl (C=O) groups excluding carboxylic acids is 1. The highest BCUT2D eigenvalue weighted by Gasteiger charge is 2.23. The topological polar surface area (TPSA) is 44.1 Å². The second-order valence-corrected chi connectivity index (χ2v) is 4.29. The monoisotopic (exact) mass is 264 g/mol. The molecule has 0 aliphatic carbocycles. The van der Waals surface area contributed by atoms with Gasteiger partial charge in [-0.15, -0.1) is 0 Å². The number of ether oxygens (including phenoxy) is 1. The van der Waals surface area contributed by atoms with Crippen LogP contribution in [0.5, 0.6) is 0 Å². The maximum atomic E-state index is 11.7. The van der Waals surface area contributed by atoms with Crippen molar-refractivity contribution in [2.24, 2.45) is 7.05 Å². The normalized spacial score (nSPS) is 10.4. The molecule has 0 spiro atoms. The number of hydrogen-bond acceptors (Lipinski definition) is 3. The van der Waals surface area contributed by atoms with Crippen LogP contribution in [0.15, 0.2) is 24.5 Å². The molecule has 2 aromatic heterocycles. The van der Waals surface area contributed by atoms with E-state index in [-0.39, 0.29) is 0 Å². The molecule has 2 aromatic rings. The van der Waals surface area contributed by atoms with Gasteiger partial charge >= 0.3 is 5.97 Å². The summed E-state index contributed by atoms with van der Waals surface area (Å²) in [7, 11) is 3.20. The second kappa shape index (κ2) is 4.82. The summed E-state index contributed by atoms with van der Waals surface area (Å²) in [5.41, 5.74) is 2.80. The van der Waals surface area contributed by atoms with Gasteiger partial charge in [0.2, 0.25) is 0 Å². The molecule has 94 valence electrons. The molecule has 0 bridgehead atoms. The van der Waals surface area contributed by atoms with E-state index in [0.717, 1.165) is 17.0 Å². The number of methoxy groups -OCH3 is 1. The third kappa shape index (κ3) is 1.88. The molecule has 0 N–H and O–H groups in total. The number of rotatable bonds is 2. The lowest BCUT2D eigenvalue weighted by Gasteiger charge is -2.04. The van der Waals surface area contributed by atoms with Crippen LogP contribution in [0.2, 0.25) is 5.02 Å². The highest BCUT2D eigenvalue weighted by Crippen LogP contribution is 2.34. The first-order valence-electron chi connectivity index (χ1n) is 5.41. The van der Waals surface area contributed by atoms with E-state index in [9.17, 15) is 4.79 Å². The Morgan fingerprint density at radius 3 is 2.78 bits per heavy atom. The van der Waals surface area contributed by atoms with E-state index in [1.54, 1.807) is 12.4 Å². The largest absolute Gasteiger partial charge is 0.465 e. The van der Waals surface area contributed by atoms with Crippen molar-refractivity contribution in [2.45, 2.75) is 6.92 Å². The third-order valence-corrected chi connectivity index (χ3v) is 3.32. The predicted molar refractivity (Wildman–Crippen MR) is 69.7 cm³/mol. The molecule has 2 rings (SSSR count). The zero-order chi connectivity index (χ0) is 13.3. The predicted octanol–water partition coefficient (Wildman–Crippen LogP) is 2.84. The van der Waals surface area contributed by atoms with Gasteiger partial charge in [0.25, 0.3) is 0 Å². The van der Waals surface area contributed by atoms with Crippen LogP contribution in [0, 0.1) is 6.92 Å². The molecule has 0 aliphatic heterocycles. The lowest BCUT2D eigenvalue weighted by atomic mass is 10.2.